The van der Waals surface area contributed by atoms with E-state index in [1.54, 1.807) is 0 Å². The molecule has 0 radical (unpaired) electrons. The summed E-state index contributed by atoms with van der Waals surface area (Å²) in [7, 11) is 0. The third kappa shape index (κ3) is 7.66. The van der Waals surface area contributed by atoms with Gasteiger partial charge in [-0.1, -0.05) is 31.2 Å². The predicted molar refractivity (Wildman–Crippen MR) is 145 cm³/mol. The second-order valence-corrected chi connectivity index (χ2v) is 10.4. The van der Waals surface area contributed by atoms with E-state index in [0.29, 0.717) is 13.1 Å². The van der Waals surface area contributed by atoms with Gasteiger partial charge in [0.05, 0.1) is 10.8 Å². The molecule has 3 rings (SSSR count). The van der Waals surface area contributed by atoms with E-state index in [9.17, 15) is 0 Å². The second-order valence-electron chi connectivity index (χ2n) is 8.64. The largest absolute Gasteiger partial charge is 0.373 e. The summed E-state index contributed by atoms with van der Waals surface area (Å²) in [5, 5.41) is 16.3. The van der Waals surface area contributed by atoms with Crippen LogP contribution < -0.4 is 21.3 Å². The zero-order valence-corrected chi connectivity index (χ0v) is 20.8. The van der Waals surface area contributed by atoms with Gasteiger partial charge in [-0.05, 0) is 78.5 Å². The van der Waals surface area contributed by atoms with Crippen molar-refractivity contribution < 1.29 is 0 Å². The number of nitrogens with one attached hydrogen (secondary N) is 4. The van der Waals surface area contributed by atoms with Gasteiger partial charge in [0, 0.05) is 26.2 Å². The van der Waals surface area contributed by atoms with Crippen molar-refractivity contribution in [1.82, 2.24) is 21.3 Å². The van der Waals surface area contributed by atoms with Crippen molar-refractivity contribution in [1.29, 1.82) is 0 Å². The highest BCUT2D eigenvalue weighted by atomic mass is 32.1. The molecule has 0 bridgehead atoms. The van der Waals surface area contributed by atoms with E-state index in [1.165, 1.54) is 5.56 Å². The molecule has 2 aliphatic rings. The summed E-state index contributed by atoms with van der Waals surface area (Å²) in [5.41, 5.74) is 2.03. The minimum atomic E-state index is -0.387. The standard InChI is InChI=1S/C24H31N5S3/c1-22(14-20-6-8-21(9-7-20)27-19-30,15-25-17-23(31)10-2-4-12-28-23)16-26-18-24(32)11-3-5-13-29-24/h2-13,25-26,28-29,31-32H,14-18H2,1H3. The van der Waals surface area contributed by atoms with Gasteiger partial charge < -0.3 is 21.3 Å². The summed E-state index contributed by atoms with van der Waals surface area (Å²) >= 11 is 14.3. The molecule has 32 heavy (non-hydrogen) atoms. The highest BCUT2D eigenvalue weighted by Crippen LogP contribution is 2.25. The minimum Gasteiger partial charge on any atom is -0.373 e. The molecule has 2 aliphatic heterocycles. The maximum absolute atomic E-state index is 4.78. The maximum Gasteiger partial charge on any atom is 0.112 e. The number of dihydropyridines is 2. The van der Waals surface area contributed by atoms with Gasteiger partial charge in [-0.3, -0.25) is 0 Å². The minimum absolute atomic E-state index is 0.0361. The van der Waals surface area contributed by atoms with Crippen LogP contribution in [0.2, 0.25) is 0 Å². The van der Waals surface area contributed by atoms with Crippen LogP contribution in [0.3, 0.4) is 0 Å². The third-order valence-electron chi connectivity index (χ3n) is 5.46. The molecule has 0 aliphatic carbocycles. The van der Waals surface area contributed by atoms with Gasteiger partial charge in [0.25, 0.3) is 0 Å². The number of aliphatic imine (C=N–C) groups is 1. The van der Waals surface area contributed by atoms with Gasteiger partial charge in [0.2, 0.25) is 0 Å². The SMILES string of the molecule is CC(CNCC1(S)C=CC=CN1)(CNCC1(S)C=CC=CN1)Cc1ccc(N=C=S)cc1. The van der Waals surface area contributed by atoms with Crippen molar-refractivity contribution in [2.45, 2.75) is 23.1 Å². The lowest BCUT2D eigenvalue weighted by Crippen LogP contribution is -2.51. The first-order valence-electron chi connectivity index (χ1n) is 10.6. The first-order valence-corrected chi connectivity index (χ1v) is 11.9. The average Bonchev–Trinajstić information content (AvgIpc) is 2.76. The molecule has 0 saturated carbocycles. The van der Waals surface area contributed by atoms with Crippen molar-refractivity contribution in [3.63, 3.8) is 0 Å². The van der Waals surface area contributed by atoms with Crippen molar-refractivity contribution in [3.8, 4) is 0 Å². The van der Waals surface area contributed by atoms with Crippen LogP contribution in [0.25, 0.3) is 0 Å². The van der Waals surface area contributed by atoms with Crippen molar-refractivity contribution in [2.24, 2.45) is 10.4 Å². The zero-order chi connectivity index (χ0) is 22.9. The van der Waals surface area contributed by atoms with Gasteiger partial charge >= 0.3 is 0 Å². The number of hydrogen-bond acceptors (Lipinski definition) is 8. The molecule has 0 fully saturated rings. The Balaban J connectivity index is 1.63. The molecule has 0 aromatic heterocycles. The zero-order valence-electron chi connectivity index (χ0n) is 18.2. The summed E-state index contributed by atoms with van der Waals surface area (Å²) in [4.78, 5) is 3.27. The van der Waals surface area contributed by atoms with Gasteiger partial charge in [-0.15, -0.1) is 25.3 Å². The number of thiol groups is 2. The Bertz CT molecular complexity index is 891. The summed E-state index contributed by atoms with van der Waals surface area (Å²) < 4.78 is 0. The van der Waals surface area contributed by atoms with E-state index in [2.05, 4.69) is 62.6 Å². The number of nitrogens with zero attached hydrogens (tertiary/aromatic N) is 1. The fourth-order valence-corrected chi connectivity index (χ4v) is 4.42. The molecule has 5 nitrogen and oxygen atoms in total. The van der Waals surface area contributed by atoms with E-state index in [1.807, 2.05) is 48.8 Å². The molecule has 1 aromatic rings. The molecule has 170 valence electrons. The summed E-state index contributed by atoms with van der Waals surface area (Å²) in [6.07, 6.45) is 16.8. The molecule has 2 unspecified atom stereocenters. The fraction of sp³-hybridized carbons (Fsp3) is 0.375. The lowest BCUT2D eigenvalue weighted by Gasteiger charge is -2.35. The van der Waals surface area contributed by atoms with Gasteiger partial charge in [-0.2, -0.15) is 4.99 Å². The van der Waals surface area contributed by atoms with Crippen LogP contribution in [0, 0.1) is 5.41 Å². The van der Waals surface area contributed by atoms with Crippen molar-refractivity contribution >= 4 is 48.3 Å². The van der Waals surface area contributed by atoms with Crippen LogP contribution in [-0.2, 0) is 6.42 Å². The monoisotopic (exact) mass is 485 g/mol. The Hall–Kier alpha value is -1.80. The highest BCUT2D eigenvalue weighted by molar-refractivity contribution is 7.82. The van der Waals surface area contributed by atoms with E-state index in [0.717, 1.165) is 25.2 Å². The van der Waals surface area contributed by atoms with Gasteiger partial charge in [0.1, 0.15) is 9.74 Å². The number of thiocarbonyl (C=S) groups is 1. The Labute approximate surface area is 207 Å². The lowest BCUT2D eigenvalue weighted by atomic mass is 9.83. The lowest BCUT2D eigenvalue weighted by molar-refractivity contribution is 0.279. The molecule has 0 spiro atoms. The van der Waals surface area contributed by atoms with Gasteiger partial charge in [0.15, 0.2) is 0 Å². The number of rotatable bonds is 11. The van der Waals surface area contributed by atoms with Crippen LogP contribution in [0.15, 0.2) is 78.1 Å². The number of hydrogen-bond donors (Lipinski definition) is 6. The second kappa shape index (κ2) is 11.4. The highest BCUT2D eigenvalue weighted by Gasteiger charge is 2.29. The van der Waals surface area contributed by atoms with Crippen molar-refractivity contribution in [3.05, 3.63) is 78.7 Å². The fourth-order valence-electron chi connectivity index (χ4n) is 3.77. The first-order chi connectivity index (χ1) is 15.3. The number of benzene rings is 1. The van der Waals surface area contributed by atoms with Crippen LogP contribution in [0.5, 0.6) is 0 Å². The van der Waals surface area contributed by atoms with Crippen LogP contribution >= 0.6 is 37.5 Å². The van der Waals surface area contributed by atoms with E-state index in [-0.39, 0.29) is 15.2 Å². The molecule has 2 heterocycles. The van der Waals surface area contributed by atoms with Crippen LogP contribution in [0.4, 0.5) is 5.69 Å². The molecular weight excluding hydrogens is 455 g/mol. The molecule has 2 atom stereocenters. The smallest absolute Gasteiger partial charge is 0.112 e. The van der Waals surface area contributed by atoms with Gasteiger partial charge in [-0.25, -0.2) is 0 Å². The molecule has 8 heteroatoms. The maximum atomic E-state index is 4.78. The Morgan fingerprint density at radius 2 is 1.47 bits per heavy atom. The normalized spacial score (nSPS) is 25.5. The Morgan fingerprint density at radius 3 is 1.91 bits per heavy atom. The predicted octanol–water partition coefficient (Wildman–Crippen LogP) is 3.75. The van der Waals surface area contributed by atoms with E-state index >= 15 is 0 Å². The molecule has 0 amide bonds. The molecule has 4 N–H and O–H groups in total. The van der Waals surface area contributed by atoms with Crippen molar-refractivity contribution in [2.75, 3.05) is 26.2 Å². The molecule has 1 aromatic carbocycles. The number of allylic oxidation sites excluding steroid dienone is 4. The Kier molecular flexibility index (Phi) is 8.82. The van der Waals surface area contributed by atoms with E-state index in [4.69, 9.17) is 37.5 Å². The average molecular weight is 486 g/mol. The summed E-state index contributed by atoms with van der Waals surface area (Å²) in [6, 6.07) is 8.17. The molecular formula is C24H31N5S3. The van der Waals surface area contributed by atoms with Crippen LogP contribution in [-0.4, -0.2) is 41.1 Å². The molecule has 0 saturated heterocycles. The summed E-state index contributed by atoms with van der Waals surface area (Å²) in [6.45, 7) is 5.36. The summed E-state index contributed by atoms with van der Waals surface area (Å²) in [5.74, 6) is 0. The first kappa shape index (κ1) is 24.8. The Morgan fingerprint density at radius 1 is 0.938 bits per heavy atom. The third-order valence-corrected chi connectivity index (χ3v) is 6.42. The van der Waals surface area contributed by atoms with Crippen LogP contribution in [0.1, 0.15) is 12.5 Å². The quantitative estimate of drug-likeness (QED) is 0.164. The van der Waals surface area contributed by atoms with E-state index < -0.39 is 0 Å². The number of isothiocyanates is 1. The topological polar surface area (TPSA) is 60.5 Å².